The molecule has 0 aliphatic heterocycles. The summed E-state index contributed by atoms with van der Waals surface area (Å²) in [5.41, 5.74) is -1.58. The van der Waals surface area contributed by atoms with Gasteiger partial charge in [0.25, 0.3) is 5.69 Å². The van der Waals surface area contributed by atoms with E-state index in [1.807, 2.05) is 0 Å². The molecule has 0 saturated carbocycles. The highest BCUT2D eigenvalue weighted by molar-refractivity contribution is 5.77. The molecule has 0 amide bonds. The van der Waals surface area contributed by atoms with Gasteiger partial charge in [0.2, 0.25) is 0 Å². The molecule has 0 bridgehead atoms. The van der Waals surface area contributed by atoms with Crippen LogP contribution in [0.1, 0.15) is 13.7 Å². The Kier molecular flexibility index (Phi) is 1.75. The number of nitrogens with zero attached hydrogens (tertiary/aromatic N) is 2. The minimum Gasteiger partial charge on any atom is -0.310 e. The van der Waals surface area contributed by atoms with Crippen molar-refractivity contribution in [1.29, 1.82) is 0 Å². The molecule has 0 aromatic heterocycles. The van der Waals surface area contributed by atoms with Gasteiger partial charge in [-0.05, 0) is 30.2 Å². The van der Waals surface area contributed by atoms with Crippen molar-refractivity contribution in [3.8, 4) is 0 Å². The van der Waals surface area contributed by atoms with Crippen LogP contribution in [0, 0.1) is 10.1 Å². The molecule has 0 N–H and O–H groups in total. The number of hydrogen-bond donors (Lipinski definition) is 0. The number of non-ortho nitro benzene ring substituents is 1. The van der Waals surface area contributed by atoms with Crippen molar-refractivity contribution in [1.82, 2.24) is 0 Å². The number of hydrogen-bond acceptors (Lipinski definition) is 3. The lowest BCUT2D eigenvalue weighted by atomic mass is 10.2. The van der Waals surface area contributed by atoms with Gasteiger partial charge in [-0.3, -0.25) is 10.1 Å². The maximum atomic E-state index is 11.3. The van der Waals surface area contributed by atoms with Gasteiger partial charge in [-0.25, -0.2) is 0 Å². The minimum absolute atomic E-state index is 0.128. The van der Waals surface area contributed by atoms with Crippen LogP contribution < -0.4 is 4.90 Å². The highest BCUT2D eigenvalue weighted by Crippen LogP contribution is 2.35. The van der Waals surface area contributed by atoms with Crippen LogP contribution in [0.4, 0.5) is 22.7 Å². The van der Waals surface area contributed by atoms with Crippen molar-refractivity contribution in [2.24, 2.45) is 0 Å². The number of anilines is 3. The van der Waals surface area contributed by atoms with Gasteiger partial charge in [0.15, 0.2) is 0 Å². The predicted molar refractivity (Wildman–Crippen MR) is 87.8 cm³/mol. The van der Waals surface area contributed by atoms with E-state index in [0.29, 0.717) is 0 Å². The second-order valence-electron chi connectivity index (χ2n) is 4.06. The van der Waals surface area contributed by atoms with Crippen LogP contribution >= 0.6 is 0 Å². The highest BCUT2D eigenvalue weighted by Gasteiger charge is 2.14. The van der Waals surface area contributed by atoms with Crippen LogP contribution in [0.25, 0.3) is 0 Å². The van der Waals surface area contributed by atoms with Crippen molar-refractivity contribution in [2.75, 3.05) is 4.90 Å². The Morgan fingerprint density at radius 2 is 1.41 bits per heavy atom. The van der Waals surface area contributed by atoms with Gasteiger partial charge < -0.3 is 4.90 Å². The zero-order valence-corrected chi connectivity index (χ0v) is 11.0. The fraction of sp³-hybridized carbons (Fsp3) is 0. The van der Waals surface area contributed by atoms with Crippen molar-refractivity contribution >= 4 is 22.7 Å². The van der Waals surface area contributed by atoms with Crippen molar-refractivity contribution in [3.05, 3.63) is 94.8 Å². The Balaban J connectivity index is 2.53. The molecule has 3 rings (SSSR count). The summed E-state index contributed by atoms with van der Waals surface area (Å²) in [4.78, 5) is 11.4. The second-order valence-corrected chi connectivity index (χ2v) is 4.06. The molecule has 4 heteroatoms. The maximum Gasteiger partial charge on any atom is 0.271 e. The van der Waals surface area contributed by atoms with E-state index >= 15 is 0 Å². The number of benzene rings is 3. The zero-order valence-electron chi connectivity index (χ0n) is 21.0. The van der Waals surface area contributed by atoms with E-state index in [-0.39, 0.29) is 5.69 Å². The lowest BCUT2D eigenvalue weighted by Crippen LogP contribution is -2.09. The third-order valence-electron chi connectivity index (χ3n) is 2.72. The third kappa shape index (κ3) is 2.81. The molecular weight excluding hydrogens is 276 g/mol. The van der Waals surface area contributed by atoms with Crippen LogP contribution in [0.3, 0.4) is 0 Å². The standard InChI is InChI=1S/C18H14N2O2/c21-20(22)18-13-7-12-17(14-18)19(15-8-3-1-4-9-15)16-10-5-2-6-11-16/h1-14H/i1D,2D,3D,4D,5D,6D,8D,9D,10D,11D. The summed E-state index contributed by atoms with van der Waals surface area (Å²) in [5.74, 6) is 0. The summed E-state index contributed by atoms with van der Waals surface area (Å²) >= 11 is 0. The number of nitro groups is 1. The quantitative estimate of drug-likeness (QED) is 0.499. The number of nitro benzene ring substituents is 1. The first-order chi connectivity index (χ1) is 14.9. The average Bonchev–Trinajstić information content (AvgIpc) is 2.78. The van der Waals surface area contributed by atoms with Crippen LogP contribution in [0.5, 0.6) is 0 Å². The fourth-order valence-corrected chi connectivity index (χ4v) is 1.83. The normalized spacial score (nSPS) is 16.5. The van der Waals surface area contributed by atoms with E-state index in [1.165, 1.54) is 12.1 Å². The molecule has 3 aromatic carbocycles. The van der Waals surface area contributed by atoms with Gasteiger partial charge in [0.05, 0.1) is 24.3 Å². The summed E-state index contributed by atoms with van der Waals surface area (Å²) in [6.07, 6.45) is 0. The van der Waals surface area contributed by atoms with E-state index in [1.54, 1.807) is 0 Å². The highest BCUT2D eigenvalue weighted by atomic mass is 16.6. The summed E-state index contributed by atoms with van der Waals surface area (Å²) in [6.45, 7) is 0. The first-order valence-electron chi connectivity index (χ1n) is 11.1. The number of para-hydroxylation sites is 2. The molecule has 0 aliphatic carbocycles. The fourth-order valence-electron chi connectivity index (χ4n) is 1.83. The predicted octanol–water partition coefficient (Wildman–Crippen LogP) is 5.06. The van der Waals surface area contributed by atoms with Crippen molar-refractivity contribution in [2.45, 2.75) is 0 Å². The van der Waals surface area contributed by atoms with Gasteiger partial charge in [-0.1, -0.05) is 42.3 Å². The summed E-state index contributed by atoms with van der Waals surface area (Å²) in [5, 5.41) is 11.3. The van der Waals surface area contributed by atoms with E-state index < -0.39 is 82.4 Å². The Morgan fingerprint density at radius 1 is 0.864 bits per heavy atom. The zero-order chi connectivity index (χ0) is 24.1. The Bertz CT molecular complexity index is 1150. The summed E-state index contributed by atoms with van der Waals surface area (Å²) < 4.78 is 80.6. The van der Waals surface area contributed by atoms with Gasteiger partial charge >= 0.3 is 0 Å². The van der Waals surface area contributed by atoms with Crippen LogP contribution in [-0.4, -0.2) is 4.92 Å². The SMILES string of the molecule is [2H]c1c([2H])c([2H])c(N(c2cccc([N+](=O)[O-])c2)c2c([2H])c([2H])c([2H])c([2H])c2[2H])c([2H])c1[2H]. The second kappa shape index (κ2) is 6.10. The lowest BCUT2D eigenvalue weighted by Gasteiger charge is -2.25. The van der Waals surface area contributed by atoms with Crippen molar-refractivity contribution in [3.63, 3.8) is 0 Å². The molecular formula is C18H14N2O2. The Morgan fingerprint density at radius 3 is 1.91 bits per heavy atom. The minimum atomic E-state index is -0.719. The molecule has 0 atom stereocenters. The summed E-state index contributed by atoms with van der Waals surface area (Å²) in [7, 11) is 0. The molecule has 4 nitrogen and oxygen atoms in total. The monoisotopic (exact) mass is 300 g/mol. The molecule has 0 heterocycles. The maximum absolute atomic E-state index is 11.3. The molecule has 0 saturated heterocycles. The molecule has 0 radical (unpaired) electrons. The summed E-state index contributed by atoms with van der Waals surface area (Å²) in [6, 6.07) is -2.37. The van der Waals surface area contributed by atoms with E-state index in [0.717, 1.165) is 17.0 Å². The van der Waals surface area contributed by atoms with Gasteiger partial charge in [-0.15, -0.1) is 0 Å². The molecule has 0 fully saturated rings. The molecule has 0 unspecified atom stereocenters. The average molecular weight is 300 g/mol. The van der Waals surface area contributed by atoms with E-state index in [9.17, 15) is 10.1 Å². The smallest absolute Gasteiger partial charge is 0.271 e. The third-order valence-corrected chi connectivity index (χ3v) is 2.72. The molecule has 0 aliphatic rings. The van der Waals surface area contributed by atoms with Crippen molar-refractivity contribution < 1.29 is 18.6 Å². The first-order valence-corrected chi connectivity index (χ1v) is 6.08. The van der Waals surface area contributed by atoms with E-state index in [2.05, 4.69) is 0 Å². The van der Waals surface area contributed by atoms with Crippen LogP contribution in [-0.2, 0) is 0 Å². The Hall–Kier alpha value is -3.14. The van der Waals surface area contributed by atoms with E-state index in [4.69, 9.17) is 13.7 Å². The Labute approximate surface area is 142 Å². The van der Waals surface area contributed by atoms with Gasteiger partial charge in [0, 0.05) is 23.5 Å². The first kappa shape index (κ1) is 6.32. The molecule has 22 heavy (non-hydrogen) atoms. The van der Waals surface area contributed by atoms with Crippen LogP contribution in [0.15, 0.2) is 84.7 Å². The largest absolute Gasteiger partial charge is 0.310 e. The van der Waals surface area contributed by atoms with Gasteiger partial charge in [0.1, 0.15) is 0 Å². The van der Waals surface area contributed by atoms with Gasteiger partial charge in [-0.2, -0.15) is 0 Å². The van der Waals surface area contributed by atoms with Crippen LogP contribution in [0.2, 0.25) is 0 Å². The lowest BCUT2D eigenvalue weighted by molar-refractivity contribution is -0.384. The molecule has 0 spiro atoms. The molecule has 3 aromatic rings. The topological polar surface area (TPSA) is 46.4 Å². The molecule has 108 valence electrons. The number of rotatable bonds is 4.